The lowest BCUT2D eigenvalue weighted by Gasteiger charge is -2.22. The Morgan fingerprint density at radius 1 is 0.372 bits per heavy atom. The molecule has 0 N–H and O–H groups in total. The van der Waals surface area contributed by atoms with E-state index in [1.165, 1.54) is 66.8 Å². The molecule has 0 aliphatic heterocycles. The molecule has 1 heteroatoms. The van der Waals surface area contributed by atoms with Crippen molar-refractivity contribution < 1.29 is 4.42 Å². The van der Waals surface area contributed by atoms with Gasteiger partial charge in [-0.3, -0.25) is 0 Å². The number of hydrogen-bond donors (Lipinski definition) is 0. The summed E-state index contributed by atoms with van der Waals surface area (Å²) >= 11 is 0. The second kappa shape index (κ2) is 8.36. The molecule has 0 atom stereocenters. The van der Waals surface area contributed by atoms with Crippen molar-refractivity contribution in [3.63, 3.8) is 0 Å². The molecule has 6 aromatic carbocycles. The van der Waals surface area contributed by atoms with Crippen molar-refractivity contribution in [2.24, 2.45) is 0 Å². The van der Waals surface area contributed by atoms with Gasteiger partial charge in [0.05, 0.1) is 0 Å². The minimum Gasteiger partial charge on any atom is -0.456 e. The maximum atomic E-state index is 6.55. The second-order valence-corrected chi connectivity index (χ2v) is 13.4. The Bertz CT molecular complexity index is 2130. The van der Waals surface area contributed by atoms with E-state index in [0.29, 0.717) is 0 Å². The number of fused-ring (bicyclic) bond motifs is 9. The van der Waals surface area contributed by atoms with Crippen LogP contribution in [0.1, 0.15) is 49.9 Å². The van der Waals surface area contributed by atoms with Crippen LogP contribution in [0.2, 0.25) is 0 Å². The molecule has 1 heterocycles. The van der Waals surface area contributed by atoms with Gasteiger partial charge in [0.2, 0.25) is 0 Å². The van der Waals surface area contributed by atoms with Gasteiger partial charge in [-0.05, 0) is 103 Å². The summed E-state index contributed by atoms with van der Waals surface area (Å²) in [5.74, 6) is 0. The lowest BCUT2D eigenvalue weighted by atomic mass is 9.81. The first-order valence-electron chi connectivity index (χ1n) is 15.3. The fourth-order valence-corrected chi connectivity index (χ4v) is 7.90. The van der Waals surface area contributed by atoms with Crippen molar-refractivity contribution in [2.45, 2.75) is 38.5 Å². The summed E-state index contributed by atoms with van der Waals surface area (Å²) in [6.07, 6.45) is 0. The van der Waals surface area contributed by atoms with Crippen molar-refractivity contribution >= 4 is 21.9 Å². The van der Waals surface area contributed by atoms with Gasteiger partial charge in [0.1, 0.15) is 11.2 Å². The van der Waals surface area contributed by atoms with Crippen LogP contribution in [-0.4, -0.2) is 0 Å². The number of furan rings is 1. The van der Waals surface area contributed by atoms with E-state index in [4.69, 9.17) is 4.42 Å². The largest absolute Gasteiger partial charge is 0.456 e. The molecule has 1 nitrogen and oxygen atoms in total. The Labute approximate surface area is 252 Å². The standard InChI is InChI=1S/C42H32O/c1-41(2)35-11-7-5-9-29(35)31-17-13-25(21-37(31)41)27-15-19-33-34-20-16-28(24-40(34)43-39(33)23-27)26-14-18-32-30-10-6-8-12-36(30)42(3,4)38(32)22-26/h5-24H,1-4H3. The van der Waals surface area contributed by atoms with Crippen molar-refractivity contribution in [3.8, 4) is 44.5 Å². The number of hydrogen-bond acceptors (Lipinski definition) is 1. The molecule has 9 rings (SSSR count). The first kappa shape index (κ1) is 24.7. The van der Waals surface area contributed by atoms with Gasteiger partial charge < -0.3 is 4.42 Å². The Balaban J connectivity index is 1.11. The van der Waals surface area contributed by atoms with Crippen LogP contribution in [0.3, 0.4) is 0 Å². The van der Waals surface area contributed by atoms with Crippen LogP contribution in [0.4, 0.5) is 0 Å². The van der Waals surface area contributed by atoms with Crippen LogP contribution in [0.5, 0.6) is 0 Å². The van der Waals surface area contributed by atoms with E-state index in [1.807, 2.05) is 0 Å². The average molecular weight is 553 g/mol. The molecule has 206 valence electrons. The maximum absolute atomic E-state index is 6.55. The molecule has 7 aromatic rings. The third kappa shape index (κ3) is 3.34. The van der Waals surface area contributed by atoms with Crippen LogP contribution < -0.4 is 0 Å². The maximum Gasteiger partial charge on any atom is 0.136 e. The van der Waals surface area contributed by atoms with Gasteiger partial charge in [0, 0.05) is 21.6 Å². The minimum atomic E-state index is -0.0165. The Hall–Kier alpha value is -4.88. The monoisotopic (exact) mass is 552 g/mol. The lowest BCUT2D eigenvalue weighted by molar-refractivity contribution is 0.660. The molecular weight excluding hydrogens is 520 g/mol. The summed E-state index contributed by atoms with van der Waals surface area (Å²) in [5.41, 5.74) is 17.6. The van der Waals surface area contributed by atoms with E-state index in [9.17, 15) is 0 Å². The molecule has 2 aliphatic carbocycles. The second-order valence-electron chi connectivity index (χ2n) is 13.4. The Kier molecular flexibility index (Phi) is 4.80. The zero-order valence-corrected chi connectivity index (χ0v) is 25.0. The Morgan fingerprint density at radius 2 is 0.744 bits per heavy atom. The van der Waals surface area contributed by atoms with Crippen LogP contribution in [0.25, 0.3) is 66.4 Å². The molecule has 0 radical (unpaired) electrons. The van der Waals surface area contributed by atoms with Crippen LogP contribution in [0.15, 0.2) is 126 Å². The van der Waals surface area contributed by atoms with Crippen LogP contribution in [0, 0.1) is 0 Å². The summed E-state index contributed by atoms with van der Waals surface area (Å²) in [6, 6.07) is 44.8. The van der Waals surface area contributed by atoms with Crippen molar-refractivity contribution in [3.05, 3.63) is 144 Å². The van der Waals surface area contributed by atoms with Crippen molar-refractivity contribution in [2.75, 3.05) is 0 Å². The van der Waals surface area contributed by atoms with Crippen LogP contribution >= 0.6 is 0 Å². The van der Waals surface area contributed by atoms with E-state index in [-0.39, 0.29) is 10.8 Å². The SMILES string of the molecule is CC1(C)c2ccccc2-c2ccc(-c3ccc4c(c3)oc3cc(-c5ccc6c(c5)C(C)(C)c5ccccc5-6)ccc34)cc21. The topological polar surface area (TPSA) is 13.1 Å². The Morgan fingerprint density at radius 3 is 1.21 bits per heavy atom. The van der Waals surface area contributed by atoms with Gasteiger partial charge in [0.25, 0.3) is 0 Å². The van der Waals surface area contributed by atoms with E-state index >= 15 is 0 Å². The third-order valence-corrected chi connectivity index (χ3v) is 10.3. The lowest BCUT2D eigenvalue weighted by Crippen LogP contribution is -2.14. The molecule has 0 amide bonds. The van der Waals surface area contributed by atoms with Crippen molar-refractivity contribution in [1.82, 2.24) is 0 Å². The summed E-state index contributed by atoms with van der Waals surface area (Å²) in [6.45, 7) is 9.34. The fraction of sp³-hybridized carbons (Fsp3) is 0.143. The van der Waals surface area contributed by atoms with Gasteiger partial charge in [-0.15, -0.1) is 0 Å². The fourth-order valence-electron chi connectivity index (χ4n) is 7.90. The highest BCUT2D eigenvalue weighted by Crippen LogP contribution is 2.51. The quantitative estimate of drug-likeness (QED) is 0.208. The van der Waals surface area contributed by atoms with Gasteiger partial charge in [0.15, 0.2) is 0 Å². The molecule has 0 unspecified atom stereocenters. The highest BCUT2D eigenvalue weighted by Gasteiger charge is 2.36. The first-order chi connectivity index (χ1) is 20.8. The average Bonchev–Trinajstić information content (AvgIpc) is 3.59. The summed E-state index contributed by atoms with van der Waals surface area (Å²) < 4.78 is 6.55. The summed E-state index contributed by atoms with van der Waals surface area (Å²) in [5, 5.41) is 2.31. The molecule has 1 aromatic heterocycles. The van der Waals surface area contributed by atoms with E-state index in [1.54, 1.807) is 0 Å². The van der Waals surface area contributed by atoms with Crippen molar-refractivity contribution in [1.29, 1.82) is 0 Å². The zero-order valence-electron chi connectivity index (χ0n) is 25.0. The molecule has 0 bridgehead atoms. The van der Waals surface area contributed by atoms with E-state index in [0.717, 1.165) is 21.9 Å². The van der Waals surface area contributed by atoms with Crippen LogP contribution in [-0.2, 0) is 10.8 Å². The number of rotatable bonds is 2. The molecule has 2 aliphatic rings. The predicted molar refractivity (Wildman–Crippen MR) is 180 cm³/mol. The van der Waals surface area contributed by atoms with E-state index < -0.39 is 0 Å². The molecule has 43 heavy (non-hydrogen) atoms. The molecule has 0 spiro atoms. The molecule has 0 fully saturated rings. The highest BCUT2D eigenvalue weighted by atomic mass is 16.3. The first-order valence-corrected chi connectivity index (χ1v) is 15.3. The molecule has 0 saturated carbocycles. The van der Waals surface area contributed by atoms with Gasteiger partial charge in [-0.25, -0.2) is 0 Å². The normalized spacial score (nSPS) is 15.3. The van der Waals surface area contributed by atoms with Gasteiger partial charge in [-0.1, -0.05) is 113 Å². The van der Waals surface area contributed by atoms with Gasteiger partial charge in [-0.2, -0.15) is 0 Å². The highest BCUT2D eigenvalue weighted by molar-refractivity contribution is 6.07. The molecular formula is C42H32O. The molecule has 0 saturated heterocycles. The summed E-state index contributed by atoms with van der Waals surface area (Å²) in [7, 11) is 0. The van der Waals surface area contributed by atoms with E-state index in [2.05, 4.69) is 149 Å². The number of benzene rings is 6. The third-order valence-electron chi connectivity index (χ3n) is 10.3. The van der Waals surface area contributed by atoms with Gasteiger partial charge >= 0.3 is 0 Å². The zero-order chi connectivity index (χ0) is 29.1. The summed E-state index contributed by atoms with van der Waals surface area (Å²) in [4.78, 5) is 0. The predicted octanol–water partition coefficient (Wildman–Crippen LogP) is 11.5. The smallest absolute Gasteiger partial charge is 0.136 e. The minimum absolute atomic E-state index is 0.0165.